The Morgan fingerprint density at radius 3 is 2.94 bits per heavy atom. The van der Waals surface area contributed by atoms with Gasteiger partial charge in [0.15, 0.2) is 5.65 Å². The fourth-order valence-corrected chi connectivity index (χ4v) is 1.90. The van der Waals surface area contributed by atoms with E-state index in [0.717, 1.165) is 23.5 Å². The van der Waals surface area contributed by atoms with Crippen LogP contribution >= 0.6 is 0 Å². The second-order valence-electron chi connectivity index (χ2n) is 3.98. The maximum atomic E-state index is 13.3. The van der Waals surface area contributed by atoms with Crippen LogP contribution in [0.25, 0.3) is 16.9 Å². The van der Waals surface area contributed by atoms with Gasteiger partial charge >= 0.3 is 0 Å². The van der Waals surface area contributed by atoms with E-state index in [1.54, 1.807) is 16.9 Å². The van der Waals surface area contributed by atoms with E-state index in [0.29, 0.717) is 5.56 Å². The van der Waals surface area contributed by atoms with Crippen molar-refractivity contribution < 1.29 is 4.39 Å². The molecule has 0 amide bonds. The zero-order valence-corrected chi connectivity index (χ0v) is 9.84. The molecule has 0 radical (unpaired) electrons. The fourth-order valence-electron chi connectivity index (χ4n) is 1.90. The summed E-state index contributed by atoms with van der Waals surface area (Å²) in [6.07, 6.45) is 5.31. The minimum atomic E-state index is -0.359. The number of hydrogen-bond donors (Lipinski definition) is 0. The van der Waals surface area contributed by atoms with Crippen LogP contribution in [0.2, 0.25) is 0 Å². The molecule has 4 nitrogen and oxygen atoms in total. The summed E-state index contributed by atoms with van der Waals surface area (Å²) in [5, 5.41) is 4.20. The zero-order chi connectivity index (χ0) is 12.5. The van der Waals surface area contributed by atoms with E-state index < -0.39 is 0 Å². The minimum absolute atomic E-state index is 0.359. The van der Waals surface area contributed by atoms with Crippen molar-refractivity contribution in [3.63, 3.8) is 0 Å². The Labute approximate surface area is 103 Å². The summed E-state index contributed by atoms with van der Waals surface area (Å²) in [4.78, 5) is 8.32. The van der Waals surface area contributed by atoms with E-state index in [1.165, 1.54) is 12.3 Å². The van der Waals surface area contributed by atoms with Crippen LogP contribution < -0.4 is 0 Å². The van der Waals surface area contributed by atoms with Crippen molar-refractivity contribution >= 4 is 5.65 Å². The van der Waals surface area contributed by atoms with Crippen molar-refractivity contribution in [2.75, 3.05) is 0 Å². The van der Waals surface area contributed by atoms with Crippen molar-refractivity contribution in [1.82, 2.24) is 19.6 Å². The number of aryl methyl sites for hydroxylation is 1. The third-order valence-electron chi connectivity index (χ3n) is 2.78. The number of hydrogen-bond acceptors (Lipinski definition) is 3. The van der Waals surface area contributed by atoms with Gasteiger partial charge in [0, 0.05) is 23.5 Å². The third-order valence-corrected chi connectivity index (χ3v) is 2.78. The van der Waals surface area contributed by atoms with E-state index in [2.05, 4.69) is 15.1 Å². The largest absolute Gasteiger partial charge is 0.261 e. The van der Waals surface area contributed by atoms with Crippen molar-refractivity contribution in [1.29, 1.82) is 0 Å². The lowest BCUT2D eigenvalue weighted by Crippen LogP contribution is -2.00. The Hall–Kier alpha value is -2.30. The van der Waals surface area contributed by atoms with Gasteiger partial charge in [-0.05, 0) is 18.6 Å². The summed E-state index contributed by atoms with van der Waals surface area (Å²) in [6, 6.07) is 5.19. The number of nitrogens with zero attached hydrogens (tertiary/aromatic N) is 4. The molecule has 3 aromatic heterocycles. The second-order valence-corrected chi connectivity index (χ2v) is 3.98. The van der Waals surface area contributed by atoms with Crippen molar-refractivity contribution in [3.8, 4) is 11.3 Å². The van der Waals surface area contributed by atoms with E-state index in [4.69, 9.17) is 0 Å². The highest BCUT2D eigenvalue weighted by atomic mass is 19.1. The van der Waals surface area contributed by atoms with Crippen LogP contribution in [0.3, 0.4) is 0 Å². The average Bonchev–Trinajstić information content (AvgIpc) is 2.85. The molecular formula is C13H11FN4. The number of rotatable bonds is 2. The molecule has 0 aromatic carbocycles. The molecule has 0 saturated heterocycles. The summed E-state index contributed by atoms with van der Waals surface area (Å²) in [5.74, 6) is -0.359. The monoisotopic (exact) mass is 242 g/mol. The first-order valence-electron chi connectivity index (χ1n) is 5.72. The fraction of sp³-hybridized carbons (Fsp3) is 0.154. The van der Waals surface area contributed by atoms with Gasteiger partial charge in [-0.1, -0.05) is 6.92 Å². The molecule has 0 saturated carbocycles. The lowest BCUT2D eigenvalue weighted by molar-refractivity contribution is 0.622. The topological polar surface area (TPSA) is 43.1 Å². The molecule has 0 fully saturated rings. The average molecular weight is 242 g/mol. The Kier molecular flexibility index (Phi) is 2.51. The van der Waals surface area contributed by atoms with Crippen molar-refractivity contribution in [3.05, 3.63) is 48.3 Å². The van der Waals surface area contributed by atoms with Crippen LogP contribution in [0.4, 0.5) is 4.39 Å². The summed E-state index contributed by atoms with van der Waals surface area (Å²) >= 11 is 0. The molecule has 3 rings (SSSR count). The SMILES string of the molecule is CCc1cc(-c2cncc(F)c2)n2nccc2n1. The molecular weight excluding hydrogens is 231 g/mol. The van der Waals surface area contributed by atoms with Gasteiger partial charge in [-0.15, -0.1) is 0 Å². The highest BCUT2D eigenvalue weighted by molar-refractivity contribution is 5.62. The van der Waals surface area contributed by atoms with Crippen LogP contribution in [-0.4, -0.2) is 19.6 Å². The quantitative estimate of drug-likeness (QED) is 0.693. The van der Waals surface area contributed by atoms with Crippen molar-refractivity contribution in [2.45, 2.75) is 13.3 Å². The van der Waals surface area contributed by atoms with Gasteiger partial charge in [-0.25, -0.2) is 13.9 Å². The smallest absolute Gasteiger partial charge is 0.155 e. The van der Waals surface area contributed by atoms with Crippen LogP contribution in [0, 0.1) is 5.82 Å². The van der Waals surface area contributed by atoms with Gasteiger partial charge in [-0.2, -0.15) is 5.10 Å². The van der Waals surface area contributed by atoms with E-state index in [1.807, 2.05) is 19.1 Å². The molecule has 18 heavy (non-hydrogen) atoms. The molecule has 0 unspecified atom stereocenters. The first-order valence-corrected chi connectivity index (χ1v) is 5.72. The first kappa shape index (κ1) is 10.8. The van der Waals surface area contributed by atoms with Gasteiger partial charge < -0.3 is 0 Å². The van der Waals surface area contributed by atoms with E-state index in [9.17, 15) is 4.39 Å². The summed E-state index contributed by atoms with van der Waals surface area (Å²) in [7, 11) is 0. The van der Waals surface area contributed by atoms with Gasteiger partial charge in [0.1, 0.15) is 5.82 Å². The van der Waals surface area contributed by atoms with Crippen LogP contribution in [-0.2, 0) is 6.42 Å². The molecule has 3 aromatic rings. The molecule has 0 spiro atoms. The number of pyridine rings is 1. The molecule has 0 aliphatic rings. The maximum absolute atomic E-state index is 13.3. The molecule has 90 valence electrons. The predicted molar refractivity (Wildman–Crippen MR) is 65.6 cm³/mol. The molecule has 0 atom stereocenters. The Morgan fingerprint density at radius 1 is 1.28 bits per heavy atom. The van der Waals surface area contributed by atoms with Crippen molar-refractivity contribution in [2.24, 2.45) is 0 Å². The van der Waals surface area contributed by atoms with Crippen LogP contribution in [0.1, 0.15) is 12.6 Å². The van der Waals surface area contributed by atoms with E-state index in [-0.39, 0.29) is 5.82 Å². The highest BCUT2D eigenvalue weighted by Crippen LogP contribution is 2.20. The molecule has 3 heterocycles. The van der Waals surface area contributed by atoms with Gasteiger partial charge in [-0.3, -0.25) is 4.98 Å². The van der Waals surface area contributed by atoms with Crippen LogP contribution in [0.15, 0.2) is 36.8 Å². The molecule has 0 aliphatic heterocycles. The number of halogens is 1. The lowest BCUT2D eigenvalue weighted by atomic mass is 10.1. The summed E-state index contributed by atoms with van der Waals surface area (Å²) in [6.45, 7) is 2.03. The Bertz CT molecular complexity index is 705. The van der Waals surface area contributed by atoms with E-state index >= 15 is 0 Å². The molecule has 5 heteroatoms. The molecule has 0 N–H and O–H groups in total. The standard InChI is InChI=1S/C13H11FN4/c1-2-11-6-12(9-5-10(14)8-15-7-9)18-13(17-11)3-4-16-18/h3-8H,2H2,1H3. The Morgan fingerprint density at radius 2 is 2.17 bits per heavy atom. The van der Waals surface area contributed by atoms with Gasteiger partial charge in [0.2, 0.25) is 0 Å². The van der Waals surface area contributed by atoms with Gasteiger partial charge in [0.05, 0.1) is 18.1 Å². The summed E-state index contributed by atoms with van der Waals surface area (Å²) in [5.41, 5.74) is 3.20. The lowest BCUT2D eigenvalue weighted by Gasteiger charge is -2.06. The normalized spacial score (nSPS) is 11.0. The minimum Gasteiger partial charge on any atom is -0.261 e. The highest BCUT2D eigenvalue weighted by Gasteiger charge is 2.08. The second kappa shape index (κ2) is 4.18. The molecule has 0 aliphatic carbocycles. The Balaban J connectivity index is 2.29. The maximum Gasteiger partial charge on any atom is 0.155 e. The summed E-state index contributed by atoms with van der Waals surface area (Å²) < 4.78 is 14.9. The number of fused-ring (bicyclic) bond motifs is 1. The molecule has 0 bridgehead atoms. The first-order chi connectivity index (χ1) is 8.78. The van der Waals surface area contributed by atoms with Crippen LogP contribution in [0.5, 0.6) is 0 Å². The predicted octanol–water partition coefficient (Wildman–Crippen LogP) is 2.49. The number of aromatic nitrogens is 4. The zero-order valence-electron chi connectivity index (χ0n) is 9.84. The third kappa shape index (κ3) is 1.73. The van der Waals surface area contributed by atoms with Gasteiger partial charge in [0.25, 0.3) is 0 Å².